The molecular weight excluding hydrogens is 368 g/mol. The molecule has 146 valence electrons. The van der Waals surface area contributed by atoms with Crippen LogP contribution >= 0.6 is 0 Å². The highest BCUT2D eigenvalue weighted by Crippen LogP contribution is 2.20. The van der Waals surface area contributed by atoms with E-state index in [9.17, 15) is 4.79 Å². The van der Waals surface area contributed by atoms with E-state index in [0.717, 1.165) is 16.6 Å². The van der Waals surface area contributed by atoms with Crippen LogP contribution in [0.3, 0.4) is 0 Å². The Bertz CT molecular complexity index is 1110. The number of benzene rings is 1. The molecule has 4 aromatic rings. The number of carbonyl (C=O) groups is 1. The number of hydrogen-bond donors (Lipinski definition) is 1. The summed E-state index contributed by atoms with van der Waals surface area (Å²) in [7, 11) is 0. The van der Waals surface area contributed by atoms with Crippen LogP contribution in [0, 0.1) is 0 Å². The summed E-state index contributed by atoms with van der Waals surface area (Å²) >= 11 is 0. The lowest BCUT2D eigenvalue weighted by Crippen LogP contribution is -2.34. The molecule has 7 nitrogen and oxygen atoms in total. The Balaban J connectivity index is 1.33. The molecule has 1 amide bonds. The molecule has 0 aliphatic heterocycles. The molecule has 3 aromatic heterocycles. The van der Waals surface area contributed by atoms with Crippen LogP contribution in [-0.2, 0) is 13.0 Å². The predicted octanol–water partition coefficient (Wildman–Crippen LogP) is 3.56. The third-order valence-electron chi connectivity index (χ3n) is 4.34. The molecular formula is C22H20N4O3. The van der Waals surface area contributed by atoms with Gasteiger partial charge < -0.3 is 14.5 Å². The van der Waals surface area contributed by atoms with Gasteiger partial charge in [0.2, 0.25) is 5.89 Å². The molecule has 0 aliphatic rings. The Labute approximate surface area is 167 Å². The number of pyridine rings is 2. The average molecular weight is 388 g/mol. The van der Waals surface area contributed by atoms with Crippen LogP contribution in [0.15, 0.2) is 71.6 Å². The minimum atomic E-state index is -0.291. The van der Waals surface area contributed by atoms with Crippen LogP contribution in [0.2, 0.25) is 0 Å². The van der Waals surface area contributed by atoms with Gasteiger partial charge in [0.1, 0.15) is 12.0 Å². The van der Waals surface area contributed by atoms with Crippen molar-refractivity contribution in [3.8, 4) is 5.75 Å². The summed E-state index contributed by atoms with van der Waals surface area (Å²) in [6.07, 6.45) is 5.46. The van der Waals surface area contributed by atoms with E-state index in [4.69, 9.17) is 9.15 Å². The smallest absolute Gasteiger partial charge is 0.273 e. The first-order valence-corrected chi connectivity index (χ1v) is 9.30. The molecule has 1 unspecified atom stereocenters. The van der Waals surface area contributed by atoms with Crippen molar-refractivity contribution < 1.29 is 13.9 Å². The van der Waals surface area contributed by atoms with Crippen LogP contribution < -0.4 is 10.1 Å². The number of nitrogens with zero attached hydrogens (tertiary/aromatic N) is 3. The van der Waals surface area contributed by atoms with Crippen LogP contribution in [0.25, 0.3) is 10.9 Å². The van der Waals surface area contributed by atoms with Crippen LogP contribution in [-0.4, -0.2) is 26.9 Å². The molecule has 3 heterocycles. The lowest BCUT2D eigenvalue weighted by atomic mass is 10.1. The Morgan fingerprint density at radius 1 is 1.14 bits per heavy atom. The van der Waals surface area contributed by atoms with Crippen molar-refractivity contribution in [2.75, 3.05) is 0 Å². The molecule has 0 saturated heterocycles. The van der Waals surface area contributed by atoms with Crippen LogP contribution in [0.1, 0.15) is 29.0 Å². The van der Waals surface area contributed by atoms with Gasteiger partial charge in [-0.15, -0.1) is 0 Å². The summed E-state index contributed by atoms with van der Waals surface area (Å²) in [5.41, 5.74) is 2.04. The summed E-state index contributed by atoms with van der Waals surface area (Å²) in [5.74, 6) is 0.720. The number of nitrogens with one attached hydrogen (secondary N) is 1. The average Bonchev–Trinajstić information content (AvgIpc) is 3.22. The molecule has 0 bridgehead atoms. The highest BCUT2D eigenvalue weighted by atomic mass is 16.5. The first kappa shape index (κ1) is 18.6. The molecule has 0 radical (unpaired) electrons. The van der Waals surface area contributed by atoms with Gasteiger partial charge in [0.25, 0.3) is 5.91 Å². The maximum absolute atomic E-state index is 12.4. The minimum absolute atomic E-state index is 0.0833. The SMILES string of the molecule is CC(Cc1ccccn1)NC(=O)c1coc(COc2ccc3ncccc3c2)n1. The first-order chi connectivity index (χ1) is 14.2. The molecule has 1 N–H and O–H groups in total. The van der Waals surface area contributed by atoms with E-state index in [0.29, 0.717) is 18.1 Å². The summed E-state index contributed by atoms with van der Waals surface area (Å²) in [4.78, 5) is 25.1. The Morgan fingerprint density at radius 3 is 2.90 bits per heavy atom. The standard InChI is InChI=1S/C22H20N4O3/c1-15(11-17-6-2-3-9-23-17)25-22(27)20-13-29-21(26-20)14-28-18-7-8-19-16(12-18)5-4-10-24-19/h2-10,12-13,15H,11,14H2,1H3,(H,25,27). The number of rotatable bonds is 7. The van der Waals surface area contributed by atoms with Crippen molar-refractivity contribution in [3.05, 3.63) is 84.5 Å². The fraction of sp³-hybridized carbons (Fsp3) is 0.182. The third-order valence-corrected chi connectivity index (χ3v) is 4.34. The third kappa shape index (κ3) is 4.76. The van der Waals surface area contributed by atoms with E-state index >= 15 is 0 Å². The summed E-state index contributed by atoms with van der Waals surface area (Å²) in [5, 5.41) is 3.89. The summed E-state index contributed by atoms with van der Waals surface area (Å²) < 4.78 is 11.1. The zero-order valence-corrected chi connectivity index (χ0v) is 15.9. The number of fused-ring (bicyclic) bond motifs is 1. The Kier molecular flexibility index (Phi) is 5.47. The van der Waals surface area contributed by atoms with Crippen LogP contribution in [0.4, 0.5) is 0 Å². The van der Waals surface area contributed by atoms with Gasteiger partial charge in [-0.3, -0.25) is 14.8 Å². The molecule has 7 heteroatoms. The molecule has 0 spiro atoms. The van der Waals surface area contributed by atoms with Gasteiger partial charge in [0.15, 0.2) is 12.3 Å². The highest BCUT2D eigenvalue weighted by Gasteiger charge is 2.15. The first-order valence-electron chi connectivity index (χ1n) is 9.30. The van der Waals surface area contributed by atoms with E-state index in [1.807, 2.05) is 55.5 Å². The molecule has 0 fully saturated rings. The molecule has 1 atom stereocenters. The number of hydrogen-bond acceptors (Lipinski definition) is 6. The highest BCUT2D eigenvalue weighted by molar-refractivity contribution is 5.92. The molecule has 0 aliphatic carbocycles. The molecule has 1 aromatic carbocycles. The van der Waals surface area contributed by atoms with Gasteiger partial charge in [-0.2, -0.15) is 0 Å². The Morgan fingerprint density at radius 2 is 2.03 bits per heavy atom. The molecule has 0 saturated carbocycles. The van der Waals surface area contributed by atoms with E-state index in [2.05, 4.69) is 20.3 Å². The van der Waals surface area contributed by atoms with Crippen molar-refractivity contribution in [2.24, 2.45) is 0 Å². The lowest BCUT2D eigenvalue weighted by Gasteiger charge is -2.12. The molecule has 4 rings (SSSR count). The number of ether oxygens (including phenoxy) is 1. The van der Waals surface area contributed by atoms with Gasteiger partial charge in [-0.25, -0.2) is 4.98 Å². The van der Waals surface area contributed by atoms with Gasteiger partial charge in [-0.05, 0) is 43.3 Å². The van der Waals surface area contributed by atoms with Crippen molar-refractivity contribution in [3.63, 3.8) is 0 Å². The number of amides is 1. The van der Waals surface area contributed by atoms with Crippen LogP contribution in [0.5, 0.6) is 5.75 Å². The zero-order valence-electron chi connectivity index (χ0n) is 15.9. The molecule has 29 heavy (non-hydrogen) atoms. The zero-order chi connectivity index (χ0) is 20.1. The second-order valence-corrected chi connectivity index (χ2v) is 6.67. The normalized spacial score (nSPS) is 11.9. The second-order valence-electron chi connectivity index (χ2n) is 6.67. The largest absolute Gasteiger partial charge is 0.484 e. The number of aromatic nitrogens is 3. The van der Waals surface area contributed by atoms with E-state index in [-0.39, 0.29) is 24.2 Å². The topological polar surface area (TPSA) is 90.1 Å². The van der Waals surface area contributed by atoms with E-state index < -0.39 is 0 Å². The maximum Gasteiger partial charge on any atom is 0.273 e. The fourth-order valence-corrected chi connectivity index (χ4v) is 2.95. The summed E-state index contributed by atoms with van der Waals surface area (Å²) in [6, 6.07) is 15.1. The van der Waals surface area contributed by atoms with Gasteiger partial charge in [0.05, 0.1) is 5.52 Å². The van der Waals surface area contributed by atoms with Crippen molar-refractivity contribution in [1.82, 2.24) is 20.3 Å². The van der Waals surface area contributed by atoms with E-state index in [1.54, 1.807) is 12.4 Å². The van der Waals surface area contributed by atoms with Gasteiger partial charge in [0, 0.05) is 35.9 Å². The monoisotopic (exact) mass is 388 g/mol. The fourth-order valence-electron chi connectivity index (χ4n) is 2.95. The quantitative estimate of drug-likeness (QED) is 0.521. The van der Waals surface area contributed by atoms with Crippen molar-refractivity contribution >= 4 is 16.8 Å². The number of oxazole rings is 1. The predicted molar refractivity (Wildman–Crippen MR) is 107 cm³/mol. The second kappa shape index (κ2) is 8.52. The van der Waals surface area contributed by atoms with Crippen molar-refractivity contribution in [2.45, 2.75) is 26.0 Å². The van der Waals surface area contributed by atoms with Crippen molar-refractivity contribution in [1.29, 1.82) is 0 Å². The maximum atomic E-state index is 12.4. The minimum Gasteiger partial charge on any atom is -0.484 e. The Hall–Kier alpha value is -3.74. The number of carbonyl (C=O) groups excluding carboxylic acids is 1. The van der Waals surface area contributed by atoms with Gasteiger partial charge >= 0.3 is 0 Å². The van der Waals surface area contributed by atoms with E-state index in [1.165, 1.54) is 6.26 Å². The lowest BCUT2D eigenvalue weighted by molar-refractivity contribution is 0.0935. The van der Waals surface area contributed by atoms with Gasteiger partial charge in [-0.1, -0.05) is 12.1 Å². The summed E-state index contributed by atoms with van der Waals surface area (Å²) in [6.45, 7) is 2.05.